The molecular weight excluding hydrogens is 230 g/mol. The number of hydrogen-bond acceptors (Lipinski definition) is 3. The van der Waals surface area contributed by atoms with Gasteiger partial charge in [-0.3, -0.25) is 4.79 Å². The van der Waals surface area contributed by atoms with Crippen molar-refractivity contribution in [2.75, 3.05) is 19.8 Å². The second-order valence-corrected chi connectivity index (χ2v) is 6.65. The van der Waals surface area contributed by atoms with Crippen LogP contribution in [0.25, 0.3) is 0 Å². The lowest BCUT2D eigenvalue weighted by Crippen LogP contribution is -2.55. The normalized spacial score (nSPS) is 34.8. The lowest BCUT2D eigenvalue weighted by atomic mass is 9.68. The van der Waals surface area contributed by atoms with Gasteiger partial charge in [0.25, 0.3) is 0 Å². The zero-order valence-corrected chi connectivity index (χ0v) is 11.7. The molecule has 0 radical (unpaired) electrons. The van der Waals surface area contributed by atoms with E-state index in [9.17, 15) is 9.90 Å². The molecule has 1 aliphatic heterocycles. The summed E-state index contributed by atoms with van der Waals surface area (Å²) < 4.78 is 5.20. The van der Waals surface area contributed by atoms with Crippen LogP contribution in [-0.2, 0) is 9.53 Å². The zero-order chi connectivity index (χ0) is 13.3. The van der Waals surface area contributed by atoms with Crippen molar-refractivity contribution in [2.45, 2.75) is 52.2 Å². The highest BCUT2D eigenvalue weighted by molar-refractivity contribution is 5.78. The molecular formula is C14H25NO3. The summed E-state index contributed by atoms with van der Waals surface area (Å²) in [7, 11) is 0. The van der Waals surface area contributed by atoms with E-state index < -0.39 is 0 Å². The topological polar surface area (TPSA) is 49.8 Å². The molecule has 3 atom stereocenters. The Hall–Kier alpha value is -0.610. The third-order valence-electron chi connectivity index (χ3n) is 4.32. The predicted molar refractivity (Wildman–Crippen MR) is 69.1 cm³/mol. The summed E-state index contributed by atoms with van der Waals surface area (Å²) in [5.74, 6) is 0.539. The molecule has 1 saturated heterocycles. The van der Waals surface area contributed by atoms with Crippen LogP contribution < -0.4 is 0 Å². The van der Waals surface area contributed by atoms with Crippen LogP contribution in [0, 0.1) is 11.3 Å². The van der Waals surface area contributed by atoms with Crippen molar-refractivity contribution in [3.63, 3.8) is 0 Å². The minimum absolute atomic E-state index is 0.0783. The number of ether oxygens (including phenoxy) is 1. The molecule has 2 aliphatic rings. The maximum atomic E-state index is 12.0. The summed E-state index contributed by atoms with van der Waals surface area (Å²) in [6.07, 6.45) is 2.31. The van der Waals surface area contributed by atoms with Crippen molar-refractivity contribution in [3.8, 4) is 0 Å². The molecule has 0 spiro atoms. The minimum Gasteiger partial charge on any atom is -0.393 e. The summed E-state index contributed by atoms with van der Waals surface area (Å²) in [4.78, 5) is 13.9. The summed E-state index contributed by atoms with van der Waals surface area (Å²) in [5.41, 5.74) is 0.170. The number of aliphatic hydroxyl groups is 1. The van der Waals surface area contributed by atoms with Gasteiger partial charge in [0.1, 0.15) is 6.61 Å². The highest BCUT2D eigenvalue weighted by Crippen LogP contribution is 2.40. The Labute approximate surface area is 109 Å². The fourth-order valence-electron chi connectivity index (χ4n) is 3.36. The van der Waals surface area contributed by atoms with E-state index in [1.54, 1.807) is 0 Å². The largest absolute Gasteiger partial charge is 0.393 e. The highest BCUT2D eigenvalue weighted by atomic mass is 16.5. The van der Waals surface area contributed by atoms with Crippen LogP contribution in [0.15, 0.2) is 0 Å². The van der Waals surface area contributed by atoms with Crippen molar-refractivity contribution < 1.29 is 14.6 Å². The van der Waals surface area contributed by atoms with Crippen molar-refractivity contribution >= 4 is 5.91 Å². The van der Waals surface area contributed by atoms with Gasteiger partial charge < -0.3 is 14.7 Å². The molecule has 2 rings (SSSR count). The molecule has 18 heavy (non-hydrogen) atoms. The molecule has 3 unspecified atom stereocenters. The van der Waals surface area contributed by atoms with Gasteiger partial charge in [-0.2, -0.15) is 0 Å². The van der Waals surface area contributed by atoms with Crippen LogP contribution in [-0.4, -0.2) is 47.8 Å². The third kappa shape index (κ3) is 2.86. The van der Waals surface area contributed by atoms with E-state index in [4.69, 9.17) is 4.74 Å². The molecule has 1 heterocycles. The Morgan fingerprint density at radius 1 is 1.33 bits per heavy atom. The molecule has 4 nitrogen and oxygen atoms in total. The summed E-state index contributed by atoms with van der Waals surface area (Å²) in [6, 6.07) is 0.171. The molecule has 104 valence electrons. The molecule has 1 saturated carbocycles. The van der Waals surface area contributed by atoms with E-state index in [-0.39, 0.29) is 30.1 Å². The van der Waals surface area contributed by atoms with Crippen LogP contribution in [0.1, 0.15) is 40.0 Å². The van der Waals surface area contributed by atoms with Crippen LogP contribution in [0.5, 0.6) is 0 Å². The molecule has 1 amide bonds. The maximum absolute atomic E-state index is 12.0. The Morgan fingerprint density at radius 2 is 2.06 bits per heavy atom. The zero-order valence-electron chi connectivity index (χ0n) is 11.7. The standard InChI is InChI=1S/C14H25NO3/c1-14(2,3)11-5-4-10(16)8-12(11)15-6-7-18-9-13(15)17/h10-12,16H,4-9H2,1-3H3. The average Bonchev–Trinajstić information content (AvgIpc) is 2.27. The number of amides is 1. The van der Waals surface area contributed by atoms with E-state index in [1.807, 2.05) is 4.90 Å². The van der Waals surface area contributed by atoms with E-state index in [1.165, 1.54) is 0 Å². The first-order chi connectivity index (χ1) is 8.39. The van der Waals surface area contributed by atoms with Crippen molar-refractivity contribution in [3.05, 3.63) is 0 Å². The Balaban J connectivity index is 2.16. The van der Waals surface area contributed by atoms with Gasteiger partial charge in [-0.25, -0.2) is 0 Å². The smallest absolute Gasteiger partial charge is 0.248 e. The van der Waals surface area contributed by atoms with Crippen molar-refractivity contribution in [1.29, 1.82) is 0 Å². The van der Waals surface area contributed by atoms with E-state index in [2.05, 4.69) is 20.8 Å². The molecule has 2 fully saturated rings. The summed E-state index contributed by atoms with van der Waals surface area (Å²) in [6.45, 7) is 8.18. The van der Waals surface area contributed by atoms with E-state index in [0.717, 1.165) is 12.8 Å². The first-order valence-corrected chi connectivity index (χ1v) is 6.95. The molecule has 1 aliphatic carbocycles. The molecule has 1 N–H and O–H groups in total. The number of aliphatic hydroxyl groups excluding tert-OH is 1. The average molecular weight is 255 g/mol. The van der Waals surface area contributed by atoms with Crippen molar-refractivity contribution in [1.82, 2.24) is 4.90 Å². The lowest BCUT2D eigenvalue weighted by Gasteiger charge is -2.47. The highest BCUT2D eigenvalue weighted by Gasteiger charge is 2.41. The van der Waals surface area contributed by atoms with Gasteiger partial charge in [-0.05, 0) is 30.6 Å². The van der Waals surface area contributed by atoms with Crippen molar-refractivity contribution in [2.24, 2.45) is 11.3 Å². The predicted octanol–water partition coefficient (Wildman–Crippen LogP) is 1.42. The minimum atomic E-state index is -0.260. The van der Waals surface area contributed by atoms with Gasteiger partial charge in [0, 0.05) is 12.6 Å². The van der Waals surface area contributed by atoms with Crippen LogP contribution in [0.3, 0.4) is 0 Å². The summed E-state index contributed by atoms with van der Waals surface area (Å²) >= 11 is 0. The van der Waals surface area contributed by atoms with Crippen LogP contribution in [0.4, 0.5) is 0 Å². The Bertz CT molecular complexity index is 311. The van der Waals surface area contributed by atoms with Gasteiger partial charge >= 0.3 is 0 Å². The van der Waals surface area contributed by atoms with Gasteiger partial charge in [-0.1, -0.05) is 20.8 Å². The summed E-state index contributed by atoms with van der Waals surface area (Å²) in [5, 5.41) is 9.91. The van der Waals surface area contributed by atoms with Crippen LogP contribution in [0.2, 0.25) is 0 Å². The fraction of sp³-hybridized carbons (Fsp3) is 0.929. The maximum Gasteiger partial charge on any atom is 0.248 e. The van der Waals surface area contributed by atoms with Gasteiger partial charge in [0.15, 0.2) is 0 Å². The molecule has 0 bridgehead atoms. The lowest BCUT2D eigenvalue weighted by molar-refractivity contribution is -0.151. The van der Waals surface area contributed by atoms with Crippen LogP contribution >= 0.6 is 0 Å². The van der Waals surface area contributed by atoms with Gasteiger partial charge in [-0.15, -0.1) is 0 Å². The molecule has 4 heteroatoms. The first kappa shape index (κ1) is 13.8. The number of carbonyl (C=O) groups is 1. The monoisotopic (exact) mass is 255 g/mol. The quantitative estimate of drug-likeness (QED) is 0.771. The molecule has 0 aromatic rings. The number of morpholine rings is 1. The van der Waals surface area contributed by atoms with E-state index in [0.29, 0.717) is 25.5 Å². The molecule has 0 aromatic heterocycles. The number of hydrogen-bond donors (Lipinski definition) is 1. The number of nitrogens with zero attached hydrogens (tertiary/aromatic N) is 1. The van der Waals surface area contributed by atoms with E-state index >= 15 is 0 Å². The Morgan fingerprint density at radius 3 is 2.67 bits per heavy atom. The van der Waals surface area contributed by atoms with Gasteiger partial charge in [0.2, 0.25) is 5.91 Å². The Kier molecular flexibility index (Phi) is 3.97. The molecule has 0 aromatic carbocycles. The van der Waals surface area contributed by atoms with Gasteiger partial charge in [0.05, 0.1) is 12.7 Å². The third-order valence-corrected chi connectivity index (χ3v) is 4.32. The number of rotatable bonds is 1. The second kappa shape index (κ2) is 5.17. The first-order valence-electron chi connectivity index (χ1n) is 6.95. The second-order valence-electron chi connectivity index (χ2n) is 6.65. The number of carbonyl (C=O) groups excluding carboxylic acids is 1. The SMILES string of the molecule is CC(C)(C)C1CCC(O)CC1N1CCOCC1=O. The fourth-order valence-corrected chi connectivity index (χ4v) is 3.36.